The van der Waals surface area contributed by atoms with Gasteiger partial charge in [0, 0.05) is 16.8 Å². The largest absolute Gasteiger partial charge is 0.478 e. The number of carbonyl (C=O) groups is 2. The number of benzene rings is 2. The molecule has 0 saturated heterocycles. The van der Waals surface area contributed by atoms with Crippen LogP contribution in [-0.2, 0) is 11.2 Å². The number of carboxylic acids is 1. The molecule has 1 aromatic heterocycles. The Labute approximate surface area is 168 Å². The maximum Gasteiger partial charge on any atom is 0.339 e. The summed E-state index contributed by atoms with van der Waals surface area (Å²) in [6.07, 6.45) is 0.190. The van der Waals surface area contributed by atoms with E-state index in [0.717, 1.165) is 12.1 Å². The first-order valence-electron chi connectivity index (χ1n) is 8.19. The summed E-state index contributed by atoms with van der Waals surface area (Å²) in [5, 5.41) is 14.3. The van der Waals surface area contributed by atoms with E-state index in [1.165, 1.54) is 17.4 Å². The number of thiophene rings is 1. The average Bonchev–Trinajstić information content (AvgIpc) is 3.07. The molecule has 0 aliphatic heterocycles. The van der Waals surface area contributed by atoms with Crippen LogP contribution in [0.5, 0.6) is 0 Å². The van der Waals surface area contributed by atoms with Crippen molar-refractivity contribution in [3.63, 3.8) is 0 Å². The first kappa shape index (κ1) is 20.0. The van der Waals surface area contributed by atoms with Gasteiger partial charge in [-0.25, -0.2) is 13.6 Å². The molecule has 0 aliphatic rings. The normalized spacial score (nSPS) is 10.7. The number of aromatic carboxylic acids is 1. The fraction of sp³-hybridized carbons (Fsp3) is 0.100. The van der Waals surface area contributed by atoms with E-state index in [1.807, 2.05) is 0 Å². The fourth-order valence-corrected chi connectivity index (χ4v) is 3.77. The summed E-state index contributed by atoms with van der Waals surface area (Å²) in [5.74, 6) is -3.52. The zero-order chi connectivity index (χ0) is 20.3. The number of rotatable bonds is 6. The molecular weight excluding hydrogens is 408 g/mol. The Hall–Kier alpha value is -2.77. The lowest BCUT2D eigenvalue weighted by Crippen LogP contribution is -2.14. The van der Waals surface area contributed by atoms with Crippen molar-refractivity contribution < 1.29 is 23.5 Å². The molecule has 4 nitrogen and oxygen atoms in total. The minimum absolute atomic E-state index is 0.00371. The van der Waals surface area contributed by atoms with Gasteiger partial charge in [-0.15, -0.1) is 11.3 Å². The van der Waals surface area contributed by atoms with Crippen molar-refractivity contribution in [3.05, 3.63) is 75.6 Å². The van der Waals surface area contributed by atoms with Gasteiger partial charge in [-0.05, 0) is 41.8 Å². The van der Waals surface area contributed by atoms with Gasteiger partial charge >= 0.3 is 5.97 Å². The van der Waals surface area contributed by atoms with Gasteiger partial charge in [0.1, 0.15) is 5.56 Å². The van der Waals surface area contributed by atoms with Crippen LogP contribution in [0, 0.1) is 11.6 Å². The highest BCUT2D eigenvalue weighted by Gasteiger charge is 2.21. The number of carbonyl (C=O) groups excluding carboxylic acids is 1. The minimum Gasteiger partial charge on any atom is -0.478 e. The molecule has 144 valence electrons. The first-order chi connectivity index (χ1) is 13.3. The summed E-state index contributed by atoms with van der Waals surface area (Å²) in [4.78, 5) is 24.4. The number of halogens is 3. The molecule has 1 heterocycles. The van der Waals surface area contributed by atoms with Gasteiger partial charge in [0.05, 0.1) is 10.6 Å². The fourth-order valence-electron chi connectivity index (χ4n) is 2.64. The van der Waals surface area contributed by atoms with Crippen LogP contribution in [0.2, 0.25) is 5.02 Å². The molecule has 0 saturated carbocycles. The number of anilines is 1. The molecule has 8 heteroatoms. The van der Waals surface area contributed by atoms with Gasteiger partial charge in [-0.2, -0.15) is 0 Å². The lowest BCUT2D eigenvalue weighted by Gasteiger charge is -2.07. The molecule has 0 atom stereocenters. The predicted molar refractivity (Wildman–Crippen MR) is 105 cm³/mol. The number of aryl methyl sites for hydroxylation is 1. The Morgan fingerprint density at radius 2 is 1.79 bits per heavy atom. The third kappa shape index (κ3) is 4.55. The van der Waals surface area contributed by atoms with Crippen LogP contribution >= 0.6 is 22.9 Å². The third-order valence-corrected chi connectivity index (χ3v) is 5.29. The second kappa shape index (κ2) is 8.50. The highest BCUT2D eigenvalue weighted by molar-refractivity contribution is 7.14. The molecule has 28 heavy (non-hydrogen) atoms. The molecule has 0 radical (unpaired) electrons. The van der Waals surface area contributed by atoms with Crippen LogP contribution in [-0.4, -0.2) is 17.0 Å². The Morgan fingerprint density at radius 1 is 1.07 bits per heavy atom. The summed E-state index contributed by atoms with van der Waals surface area (Å²) in [7, 11) is 0. The van der Waals surface area contributed by atoms with Crippen molar-refractivity contribution >= 4 is 40.5 Å². The molecule has 0 bridgehead atoms. The van der Waals surface area contributed by atoms with Crippen molar-refractivity contribution in [3.8, 4) is 10.4 Å². The Kier molecular flexibility index (Phi) is 6.06. The van der Waals surface area contributed by atoms with E-state index in [-0.39, 0.29) is 24.1 Å². The summed E-state index contributed by atoms with van der Waals surface area (Å²) in [6, 6.07) is 10.2. The SMILES string of the molecule is O=C(CCc1ccc(F)c(F)c1)Nc1csc(-c2ccc(Cl)cc2)c1C(=O)O. The maximum absolute atomic E-state index is 13.2. The third-order valence-electron chi connectivity index (χ3n) is 4.01. The molecule has 3 aromatic rings. The smallest absolute Gasteiger partial charge is 0.339 e. The minimum atomic E-state index is -1.16. The van der Waals surface area contributed by atoms with Crippen molar-refractivity contribution in [1.82, 2.24) is 0 Å². The number of carboxylic acid groups (broad SMARTS) is 1. The Morgan fingerprint density at radius 3 is 2.43 bits per heavy atom. The van der Waals surface area contributed by atoms with E-state index >= 15 is 0 Å². The van der Waals surface area contributed by atoms with Crippen LogP contribution in [0.25, 0.3) is 10.4 Å². The summed E-state index contributed by atoms with van der Waals surface area (Å²) >= 11 is 7.06. The maximum atomic E-state index is 13.2. The number of hydrogen-bond acceptors (Lipinski definition) is 3. The second-order valence-corrected chi connectivity index (χ2v) is 7.28. The van der Waals surface area contributed by atoms with Crippen molar-refractivity contribution in [2.45, 2.75) is 12.8 Å². The van der Waals surface area contributed by atoms with E-state index in [4.69, 9.17) is 11.6 Å². The molecule has 0 aliphatic carbocycles. The van der Waals surface area contributed by atoms with Crippen LogP contribution in [0.15, 0.2) is 47.8 Å². The van der Waals surface area contributed by atoms with Crippen LogP contribution < -0.4 is 5.32 Å². The van der Waals surface area contributed by atoms with E-state index in [9.17, 15) is 23.5 Å². The molecular formula is C20H14ClF2NO3S. The van der Waals surface area contributed by atoms with Gasteiger partial charge in [0.15, 0.2) is 11.6 Å². The molecule has 0 fully saturated rings. The molecule has 0 spiro atoms. The lowest BCUT2D eigenvalue weighted by molar-refractivity contribution is -0.116. The zero-order valence-electron chi connectivity index (χ0n) is 14.3. The summed E-state index contributed by atoms with van der Waals surface area (Å²) in [6.45, 7) is 0. The van der Waals surface area contributed by atoms with Crippen molar-refractivity contribution in [2.24, 2.45) is 0 Å². The lowest BCUT2D eigenvalue weighted by atomic mass is 10.1. The van der Waals surface area contributed by atoms with Gasteiger partial charge in [0.2, 0.25) is 5.91 Å². The van der Waals surface area contributed by atoms with E-state index in [1.54, 1.807) is 29.6 Å². The van der Waals surface area contributed by atoms with E-state index in [0.29, 0.717) is 21.0 Å². The highest BCUT2D eigenvalue weighted by atomic mass is 35.5. The van der Waals surface area contributed by atoms with E-state index < -0.39 is 23.5 Å². The molecule has 1 amide bonds. The highest BCUT2D eigenvalue weighted by Crippen LogP contribution is 2.36. The average molecular weight is 422 g/mol. The number of nitrogens with one attached hydrogen (secondary N) is 1. The second-order valence-electron chi connectivity index (χ2n) is 5.96. The molecule has 2 N–H and O–H groups in total. The standard InChI is InChI=1S/C20H14ClF2NO3S/c21-13-5-3-12(4-6-13)19-18(20(26)27)16(10-28-19)24-17(25)8-2-11-1-7-14(22)15(23)9-11/h1,3-7,9-10H,2,8H2,(H,24,25)(H,26,27). The van der Waals surface area contributed by atoms with Crippen LogP contribution in [0.4, 0.5) is 14.5 Å². The molecule has 3 rings (SSSR count). The van der Waals surface area contributed by atoms with Gasteiger partial charge < -0.3 is 10.4 Å². The molecule has 0 unspecified atom stereocenters. The topological polar surface area (TPSA) is 66.4 Å². The quantitative estimate of drug-likeness (QED) is 0.543. The van der Waals surface area contributed by atoms with E-state index in [2.05, 4.69) is 5.32 Å². The van der Waals surface area contributed by atoms with Crippen LogP contribution in [0.3, 0.4) is 0 Å². The van der Waals surface area contributed by atoms with Crippen molar-refractivity contribution in [2.75, 3.05) is 5.32 Å². The van der Waals surface area contributed by atoms with Gasteiger partial charge in [0.25, 0.3) is 0 Å². The summed E-state index contributed by atoms with van der Waals surface area (Å²) < 4.78 is 26.2. The Bertz CT molecular complexity index is 1030. The number of hydrogen-bond donors (Lipinski definition) is 2. The molecule has 2 aromatic carbocycles. The van der Waals surface area contributed by atoms with Crippen molar-refractivity contribution in [1.29, 1.82) is 0 Å². The first-order valence-corrected chi connectivity index (χ1v) is 9.45. The van der Waals surface area contributed by atoms with Gasteiger partial charge in [-0.1, -0.05) is 29.8 Å². The summed E-state index contributed by atoms with van der Waals surface area (Å²) in [5.41, 5.74) is 1.33. The van der Waals surface area contributed by atoms with Gasteiger partial charge in [-0.3, -0.25) is 4.79 Å². The Balaban J connectivity index is 1.74. The predicted octanol–water partition coefficient (Wildman–Crippen LogP) is 5.62. The zero-order valence-corrected chi connectivity index (χ0v) is 15.9. The van der Waals surface area contributed by atoms with Crippen LogP contribution in [0.1, 0.15) is 22.3 Å². The monoisotopic (exact) mass is 421 g/mol. The number of amides is 1.